The quantitative estimate of drug-likeness (QED) is 0.684. The minimum Gasteiger partial charge on any atom is -0.378 e. The molecule has 0 spiro atoms. The molecule has 0 saturated heterocycles. The number of hydrogen-bond donors (Lipinski definition) is 2. The minimum absolute atomic E-state index is 0.0650. The van der Waals surface area contributed by atoms with Crippen molar-refractivity contribution in [1.82, 2.24) is 5.32 Å². The van der Waals surface area contributed by atoms with Crippen LogP contribution in [0, 0.1) is 5.41 Å². The fourth-order valence-electron chi connectivity index (χ4n) is 1.81. The van der Waals surface area contributed by atoms with E-state index in [1.54, 1.807) is 7.11 Å². The molecule has 1 amide bonds. The number of carbonyl (C=O) groups is 1. The molecule has 0 aromatic carbocycles. The molecule has 0 aliphatic heterocycles. The highest BCUT2D eigenvalue weighted by atomic mass is 16.5. The summed E-state index contributed by atoms with van der Waals surface area (Å²) in [6.07, 6.45) is 3.81. The third-order valence-electron chi connectivity index (χ3n) is 3.43. The Bertz CT molecular complexity index is 247. The third-order valence-corrected chi connectivity index (χ3v) is 3.43. The van der Waals surface area contributed by atoms with Gasteiger partial charge in [-0.25, -0.2) is 0 Å². The maximum Gasteiger partial charge on any atom is 0.222 e. The normalized spacial score (nSPS) is 18.2. The summed E-state index contributed by atoms with van der Waals surface area (Å²) in [5.41, 5.74) is 5.48. The molecule has 1 aliphatic carbocycles. The van der Waals surface area contributed by atoms with Crippen LogP contribution in [0.2, 0.25) is 0 Å². The molecular formula is C12H24N2O2. The molecule has 0 radical (unpaired) electrons. The van der Waals surface area contributed by atoms with Gasteiger partial charge in [-0.2, -0.15) is 0 Å². The average Bonchev–Trinajstić information content (AvgIpc) is 2.96. The lowest BCUT2D eigenvalue weighted by atomic mass is 10.0. The van der Waals surface area contributed by atoms with E-state index in [2.05, 4.69) is 5.32 Å². The van der Waals surface area contributed by atoms with Crippen LogP contribution in [0.25, 0.3) is 0 Å². The lowest BCUT2D eigenvalue weighted by Gasteiger charge is -2.23. The van der Waals surface area contributed by atoms with Gasteiger partial charge in [-0.1, -0.05) is 0 Å². The first-order valence-electron chi connectivity index (χ1n) is 5.95. The zero-order chi connectivity index (χ0) is 12.2. The van der Waals surface area contributed by atoms with E-state index in [4.69, 9.17) is 10.5 Å². The van der Waals surface area contributed by atoms with Crippen LogP contribution < -0.4 is 11.1 Å². The van der Waals surface area contributed by atoms with Crippen molar-refractivity contribution in [2.24, 2.45) is 11.1 Å². The number of methoxy groups -OCH3 is 1. The molecule has 1 saturated carbocycles. The number of carbonyl (C=O) groups excluding carboxylic acids is 1. The number of nitrogens with one attached hydrogen (secondary N) is 1. The Labute approximate surface area is 97.9 Å². The summed E-state index contributed by atoms with van der Waals surface area (Å²) in [4.78, 5) is 11.7. The van der Waals surface area contributed by atoms with Crippen molar-refractivity contribution in [3.63, 3.8) is 0 Å². The molecule has 0 aromatic rings. The lowest BCUT2D eigenvalue weighted by Crippen LogP contribution is -2.36. The largest absolute Gasteiger partial charge is 0.378 e. The zero-order valence-electron chi connectivity index (χ0n) is 10.6. The number of amides is 1. The molecule has 1 rings (SSSR count). The standard InChI is InChI=1S/C12H24N2O2/c1-11(2,16-3)8-10(15)14-9-12(4-5-12)6-7-13/h4-9,13H2,1-3H3,(H,14,15). The summed E-state index contributed by atoms with van der Waals surface area (Å²) in [5, 5.41) is 2.99. The SMILES string of the molecule is COC(C)(C)CC(=O)NCC1(CCN)CC1. The first-order valence-corrected chi connectivity index (χ1v) is 5.95. The Balaban J connectivity index is 2.25. The minimum atomic E-state index is -0.380. The van der Waals surface area contributed by atoms with Gasteiger partial charge in [0.05, 0.1) is 12.0 Å². The van der Waals surface area contributed by atoms with Crippen molar-refractivity contribution in [3.8, 4) is 0 Å². The van der Waals surface area contributed by atoms with Crippen LogP contribution in [0.4, 0.5) is 0 Å². The van der Waals surface area contributed by atoms with Crippen LogP contribution in [0.5, 0.6) is 0 Å². The van der Waals surface area contributed by atoms with Crippen LogP contribution in [-0.4, -0.2) is 31.7 Å². The maximum absolute atomic E-state index is 11.7. The fourth-order valence-corrected chi connectivity index (χ4v) is 1.81. The topological polar surface area (TPSA) is 64.3 Å². The lowest BCUT2D eigenvalue weighted by molar-refractivity contribution is -0.126. The van der Waals surface area contributed by atoms with Gasteiger partial charge in [0.1, 0.15) is 0 Å². The highest BCUT2D eigenvalue weighted by Gasteiger charge is 2.41. The van der Waals surface area contributed by atoms with E-state index >= 15 is 0 Å². The molecule has 0 unspecified atom stereocenters. The van der Waals surface area contributed by atoms with E-state index in [0.717, 1.165) is 13.0 Å². The number of hydrogen-bond acceptors (Lipinski definition) is 3. The molecule has 4 nitrogen and oxygen atoms in total. The molecule has 0 heterocycles. The van der Waals surface area contributed by atoms with E-state index in [9.17, 15) is 4.79 Å². The first-order chi connectivity index (χ1) is 7.43. The van der Waals surface area contributed by atoms with Gasteiger partial charge in [-0.3, -0.25) is 4.79 Å². The second kappa shape index (κ2) is 5.15. The maximum atomic E-state index is 11.7. The Kier molecular flexibility index (Phi) is 4.33. The van der Waals surface area contributed by atoms with E-state index in [1.807, 2.05) is 13.8 Å². The van der Waals surface area contributed by atoms with Gasteiger partial charge in [-0.05, 0) is 45.1 Å². The predicted molar refractivity (Wildman–Crippen MR) is 64.1 cm³/mol. The summed E-state index contributed by atoms with van der Waals surface area (Å²) in [7, 11) is 1.63. The predicted octanol–water partition coefficient (Wildman–Crippen LogP) is 1.05. The van der Waals surface area contributed by atoms with Crippen LogP contribution in [0.1, 0.15) is 39.5 Å². The Morgan fingerprint density at radius 1 is 1.50 bits per heavy atom. The van der Waals surface area contributed by atoms with Crippen molar-refractivity contribution >= 4 is 5.91 Å². The summed E-state index contributed by atoms with van der Waals surface area (Å²) in [6.45, 7) is 5.31. The van der Waals surface area contributed by atoms with Crippen molar-refractivity contribution < 1.29 is 9.53 Å². The van der Waals surface area contributed by atoms with E-state index in [0.29, 0.717) is 18.4 Å². The van der Waals surface area contributed by atoms with Crippen LogP contribution in [-0.2, 0) is 9.53 Å². The molecule has 1 fully saturated rings. The second-order valence-electron chi connectivity index (χ2n) is 5.46. The number of ether oxygens (including phenoxy) is 1. The number of rotatable bonds is 7. The first kappa shape index (κ1) is 13.5. The van der Waals surface area contributed by atoms with Gasteiger partial charge in [-0.15, -0.1) is 0 Å². The Hall–Kier alpha value is -0.610. The van der Waals surface area contributed by atoms with Crippen molar-refractivity contribution in [1.29, 1.82) is 0 Å². The van der Waals surface area contributed by atoms with Gasteiger partial charge in [0, 0.05) is 13.7 Å². The van der Waals surface area contributed by atoms with Gasteiger partial charge in [0.25, 0.3) is 0 Å². The second-order valence-corrected chi connectivity index (χ2v) is 5.46. The van der Waals surface area contributed by atoms with Crippen molar-refractivity contribution in [2.75, 3.05) is 20.2 Å². The fraction of sp³-hybridized carbons (Fsp3) is 0.917. The summed E-state index contributed by atoms with van der Waals surface area (Å²) >= 11 is 0. The molecule has 16 heavy (non-hydrogen) atoms. The van der Waals surface area contributed by atoms with Gasteiger partial charge >= 0.3 is 0 Å². The molecular weight excluding hydrogens is 204 g/mol. The zero-order valence-corrected chi connectivity index (χ0v) is 10.6. The van der Waals surface area contributed by atoms with Crippen LogP contribution in [0.15, 0.2) is 0 Å². The molecule has 0 bridgehead atoms. The highest BCUT2D eigenvalue weighted by molar-refractivity contribution is 5.77. The molecule has 0 aromatic heterocycles. The average molecular weight is 228 g/mol. The van der Waals surface area contributed by atoms with Crippen LogP contribution in [0.3, 0.4) is 0 Å². The smallest absolute Gasteiger partial charge is 0.222 e. The Morgan fingerprint density at radius 3 is 2.56 bits per heavy atom. The van der Waals surface area contributed by atoms with Gasteiger partial charge in [0.15, 0.2) is 0 Å². The highest BCUT2D eigenvalue weighted by Crippen LogP contribution is 2.47. The molecule has 1 aliphatic rings. The van der Waals surface area contributed by atoms with Gasteiger partial charge in [0.2, 0.25) is 5.91 Å². The summed E-state index contributed by atoms with van der Waals surface area (Å²) in [5.74, 6) is 0.0650. The van der Waals surface area contributed by atoms with E-state index < -0.39 is 0 Å². The molecule has 4 heteroatoms. The summed E-state index contributed by atoms with van der Waals surface area (Å²) in [6, 6.07) is 0. The van der Waals surface area contributed by atoms with Crippen molar-refractivity contribution in [2.45, 2.75) is 45.1 Å². The monoisotopic (exact) mass is 228 g/mol. The van der Waals surface area contributed by atoms with E-state index in [1.165, 1.54) is 12.8 Å². The van der Waals surface area contributed by atoms with Crippen LogP contribution >= 0.6 is 0 Å². The van der Waals surface area contributed by atoms with Gasteiger partial charge < -0.3 is 15.8 Å². The Morgan fingerprint density at radius 2 is 2.12 bits per heavy atom. The summed E-state index contributed by atoms with van der Waals surface area (Å²) < 4.78 is 5.22. The molecule has 3 N–H and O–H groups in total. The molecule has 94 valence electrons. The third kappa shape index (κ3) is 4.10. The van der Waals surface area contributed by atoms with Crippen molar-refractivity contribution in [3.05, 3.63) is 0 Å². The van der Waals surface area contributed by atoms with E-state index in [-0.39, 0.29) is 11.5 Å². The molecule has 0 atom stereocenters. The number of nitrogens with two attached hydrogens (primary N) is 1.